The molecule has 9 nitrogen and oxygen atoms in total. The zero-order valence-corrected chi connectivity index (χ0v) is 15.8. The molecular weight excluding hydrogens is 366 g/mol. The number of rotatable bonds is 5. The number of benzene rings is 1. The van der Waals surface area contributed by atoms with Crippen LogP contribution < -0.4 is 25.2 Å². The monoisotopic (exact) mass is 387 g/mol. The summed E-state index contributed by atoms with van der Waals surface area (Å²) in [6.45, 7) is 1.81. The molecule has 3 rings (SSSR count). The lowest BCUT2D eigenvalue weighted by Crippen LogP contribution is -2.45. The second-order valence-electron chi connectivity index (χ2n) is 6.28. The number of nitrogens with one attached hydrogen (secondary N) is 2. The van der Waals surface area contributed by atoms with Crippen LogP contribution in [0.3, 0.4) is 0 Å². The maximum Gasteiger partial charge on any atom is 0.273 e. The van der Waals surface area contributed by atoms with Crippen molar-refractivity contribution in [1.29, 1.82) is 0 Å². The zero-order valence-electron chi connectivity index (χ0n) is 15.8. The first-order valence-corrected chi connectivity index (χ1v) is 8.61. The Morgan fingerprint density at radius 2 is 1.96 bits per heavy atom. The predicted octanol–water partition coefficient (Wildman–Crippen LogP) is 1.42. The third kappa shape index (κ3) is 3.78. The van der Waals surface area contributed by atoms with Crippen LogP contribution in [-0.4, -0.2) is 38.5 Å². The standard InChI is InChI=1S/C19H21N3O6/c1-11-14(6-7-28-11)19(25)21-20-18(24)12-8-17(23)22(10-12)15-9-13(26-2)4-5-16(15)27-3/h4-7,9,12H,8,10H2,1-3H3,(H,20,24)(H,21,25). The van der Waals surface area contributed by atoms with Crippen LogP contribution in [-0.2, 0) is 9.59 Å². The summed E-state index contributed by atoms with van der Waals surface area (Å²) in [7, 11) is 3.03. The van der Waals surface area contributed by atoms with Gasteiger partial charge >= 0.3 is 0 Å². The van der Waals surface area contributed by atoms with E-state index in [9.17, 15) is 14.4 Å². The Morgan fingerprint density at radius 3 is 2.61 bits per heavy atom. The van der Waals surface area contributed by atoms with Gasteiger partial charge < -0.3 is 18.8 Å². The third-order valence-corrected chi connectivity index (χ3v) is 4.58. The minimum Gasteiger partial charge on any atom is -0.497 e. The van der Waals surface area contributed by atoms with Crippen LogP contribution in [0.2, 0.25) is 0 Å². The second kappa shape index (κ2) is 8.03. The van der Waals surface area contributed by atoms with Gasteiger partial charge in [-0.1, -0.05) is 0 Å². The SMILES string of the molecule is COc1ccc(OC)c(N2CC(C(=O)NNC(=O)c3ccoc3C)CC2=O)c1. The van der Waals surface area contributed by atoms with Crippen molar-refractivity contribution in [3.05, 3.63) is 41.9 Å². The van der Waals surface area contributed by atoms with E-state index in [0.717, 1.165) is 0 Å². The molecule has 0 spiro atoms. The molecule has 2 heterocycles. The number of carbonyl (C=O) groups excluding carboxylic acids is 3. The van der Waals surface area contributed by atoms with Crippen LogP contribution in [0, 0.1) is 12.8 Å². The molecule has 2 N–H and O–H groups in total. The van der Waals surface area contributed by atoms with Gasteiger partial charge in [0.15, 0.2) is 0 Å². The van der Waals surface area contributed by atoms with E-state index in [1.54, 1.807) is 25.1 Å². The Labute approximate surface area is 161 Å². The van der Waals surface area contributed by atoms with Gasteiger partial charge in [0.25, 0.3) is 5.91 Å². The molecule has 28 heavy (non-hydrogen) atoms. The van der Waals surface area contributed by atoms with E-state index in [1.807, 2.05) is 0 Å². The van der Waals surface area contributed by atoms with E-state index in [1.165, 1.54) is 31.4 Å². The van der Waals surface area contributed by atoms with E-state index in [-0.39, 0.29) is 18.9 Å². The highest BCUT2D eigenvalue weighted by molar-refractivity contribution is 6.02. The topological polar surface area (TPSA) is 110 Å². The summed E-state index contributed by atoms with van der Waals surface area (Å²) in [6, 6.07) is 6.61. The minimum absolute atomic E-state index is 0.0206. The van der Waals surface area contributed by atoms with Gasteiger partial charge in [-0.05, 0) is 25.1 Å². The van der Waals surface area contributed by atoms with Gasteiger partial charge in [0.2, 0.25) is 11.8 Å². The molecule has 1 aliphatic rings. The summed E-state index contributed by atoms with van der Waals surface area (Å²) in [5.74, 6) is -0.266. The van der Waals surface area contributed by atoms with E-state index in [0.29, 0.717) is 28.5 Å². The predicted molar refractivity (Wildman–Crippen MR) is 99.1 cm³/mol. The molecule has 0 bridgehead atoms. The molecular formula is C19H21N3O6. The maximum atomic E-state index is 12.5. The Balaban J connectivity index is 1.66. The van der Waals surface area contributed by atoms with Crippen molar-refractivity contribution in [2.75, 3.05) is 25.7 Å². The van der Waals surface area contributed by atoms with Crippen molar-refractivity contribution in [3.8, 4) is 11.5 Å². The van der Waals surface area contributed by atoms with Gasteiger partial charge in [0.05, 0.1) is 37.7 Å². The average Bonchev–Trinajstić information content (AvgIpc) is 3.30. The highest BCUT2D eigenvalue weighted by Gasteiger charge is 2.36. The number of hydrogen-bond donors (Lipinski definition) is 2. The van der Waals surface area contributed by atoms with Gasteiger partial charge in [0.1, 0.15) is 17.3 Å². The molecule has 1 unspecified atom stereocenters. The molecule has 2 aromatic rings. The maximum absolute atomic E-state index is 12.5. The molecule has 1 aromatic carbocycles. The number of hydrogen-bond acceptors (Lipinski definition) is 6. The highest BCUT2D eigenvalue weighted by atomic mass is 16.5. The first-order chi connectivity index (χ1) is 13.4. The number of amides is 3. The molecule has 148 valence electrons. The van der Waals surface area contributed by atoms with E-state index in [2.05, 4.69) is 10.9 Å². The normalized spacial score (nSPS) is 16.0. The number of anilines is 1. The van der Waals surface area contributed by atoms with Crippen molar-refractivity contribution in [2.45, 2.75) is 13.3 Å². The quantitative estimate of drug-likeness (QED) is 0.751. The zero-order chi connectivity index (χ0) is 20.3. The fraction of sp³-hybridized carbons (Fsp3) is 0.316. The number of furan rings is 1. The number of carbonyl (C=O) groups is 3. The van der Waals surface area contributed by atoms with E-state index >= 15 is 0 Å². The lowest BCUT2D eigenvalue weighted by molar-refractivity contribution is -0.126. The van der Waals surface area contributed by atoms with Gasteiger partial charge in [-0.15, -0.1) is 0 Å². The van der Waals surface area contributed by atoms with Crippen LogP contribution in [0.5, 0.6) is 11.5 Å². The van der Waals surface area contributed by atoms with Crippen molar-refractivity contribution in [3.63, 3.8) is 0 Å². The second-order valence-corrected chi connectivity index (χ2v) is 6.28. The lowest BCUT2D eigenvalue weighted by atomic mass is 10.1. The molecule has 1 atom stereocenters. The summed E-state index contributed by atoms with van der Waals surface area (Å²) in [5, 5.41) is 0. The largest absolute Gasteiger partial charge is 0.497 e. The molecule has 1 aliphatic heterocycles. The third-order valence-electron chi connectivity index (χ3n) is 4.58. The number of ether oxygens (including phenoxy) is 2. The van der Waals surface area contributed by atoms with Crippen molar-refractivity contribution in [2.24, 2.45) is 5.92 Å². The Hall–Kier alpha value is -3.49. The Morgan fingerprint density at radius 1 is 1.18 bits per heavy atom. The summed E-state index contributed by atoms with van der Waals surface area (Å²) in [5.41, 5.74) is 5.56. The van der Waals surface area contributed by atoms with Crippen LogP contribution in [0.4, 0.5) is 5.69 Å². The number of aryl methyl sites for hydroxylation is 1. The van der Waals surface area contributed by atoms with E-state index in [4.69, 9.17) is 13.9 Å². The molecule has 1 fully saturated rings. The Bertz CT molecular complexity index is 907. The fourth-order valence-electron chi connectivity index (χ4n) is 3.03. The lowest BCUT2D eigenvalue weighted by Gasteiger charge is -2.20. The molecule has 1 aromatic heterocycles. The average molecular weight is 387 g/mol. The molecule has 3 amide bonds. The van der Waals surface area contributed by atoms with Gasteiger partial charge in [0, 0.05) is 19.0 Å². The first-order valence-electron chi connectivity index (χ1n) is 8.61. The summed E-state index contributed by atoms with van der Waals surface area (Å²) >= 11 is 0. The highest BCUT2D eigenvalue weighted by Crippen LogP contribution is 2.36. The smallest absolute Gasteiger partial charge is 0.273 e. The van der Waals surface area contributed by atoms with Gasteiger partial charge in [-0.25, -0.2) is 0 Å². The van der Waals surface area contributed by atoms with Crippen LogP contribution in [0.15, 0.2) is 34.9 Å². The minimum atomic E-state index is -0.617. The number of hydrazine groups is 1. The van der Waals surface area contributed by atoms with Crippen molar-refractivity contribution in [1.82, 2.24) is 10.9 Å². The molecule has 0 radical (unpaired) electrons. The summed E-state index contributed by atoms with van der Waals surface area (Å²) in [4.78, 5) is 38.4. The van der Waals surface area contributed by atoms with Crippen LogP contribution in [0.1, 0.15) is 22.5 Å². The molecule has 1 saturated heterocycles. The molecule has 9 heteroatoms. The fourth-order valence-corrected chi connectivity index (χ4v) is 3.03. The number of nitrogens with zero attached hydrogens (tertiary/aromatic N) is 1. The molecule has 0 aliphatic carbocycles. The van der Waals surface area contributed by atoms with Crippen LogP contribution >= 0.6 is 0 Å². The van der Waals surface area contributed by atoms with Gasteiger partial charge in [-0.2, -0.15) is 0 Å². The Kier molecular flexibility index (Phi) is 5.53. The van der Waals surface area contributed by atoms with Crippen molar-refractivity contribution >= 4 is 23.4 Å². The molecule has 0 saturated carbocycles. The number of methoxy groups -OCH3 is 2. The summed E-state index contributed by atoms with van der Waals surface area (Å²) in [6.07, 6.45) is 1.41. The first kappa shape index (κ1) is 19.3. The van der Waals surface area contributed by atoms with Crippen molar-refractivity contribution < 1.29 is 28.3 Å². The van der Waals surface area contributed by atoms with E-state index < -0.39 is 17.7 Å². The summed E-state index contributed by atoms with van der Waals surface area (Å²) < 4.78 is 15.6. The van der Waals surface area contributed by atoms with Gasteiger partial charge in [-0.3, -0.25) is 25.2 Å². The van der Waals surface area contributed by atoms with Crippen LogP contribution in [0.25, 0.3) is 0 Å².